The van der Waals surface area contributed by atoms with Gasteiger partial charge in [0.25, 0.3) is 0 Å². The Bertz CT molecular complexity index is 247. The summed E-state index contributed by atoms with van der Waals surface area (Å²) in [5.41, 5.74) is 0. The molecular weight excluding hydrogens is 224 g/mol. The molecule has 0 aliphatic heterocycles. The van der Waals surface area contributed by atoms with E-state index >= 15 is 0 Å². The number of hydrogen-bond acceptors (Lipinski definition) is 2. The Labute approximate surface area is 112 Å². The molecule has 0 radical (unpaired) electrons. The normalized spacial score (nSPS) is 19.2. The lowest BCUT2D eigenvalue weighted by Gasteiger charge is -2.32. The Morgan fingerprint density at radius 1 is 1.22 bits per heavy atom. The zero-order valence-electron chi connectivity index (χ0n) is 12.5. The van der Waals surface area contributed by atoms with Crippen LogP contribution in [-0.4, -0.2) is 36.5 Å². The minimum atomic E-state index is 0.0866. The van der Waals surface area contributed by atoms with Gasteiger partial charge in [0.1, 0.15) is 0 Å². The molecule has 1 rings (SSSR count). The maximum atomic E-state index is 11.6. The molecule has 1 amide bonds. The SMILES string of the molecule is CC(C)C(=O)N[C@H](C)CCN(C)C1CCCCC1. The van der Waals surface area contributed by atoms with Gasteiger partial charge in [-0.2, -0.15) is 0 Å². The monoisotopic (exact) mass is 254 g/mol. The van der Waals surface area contributed by atoms with Gasteiger partial charge in [-0.15, -0.1) is 0 Å². The van der Waals surface area contributed by atoms with Crippen LogP contribution in [-0.2, 0) is 4.79 Å². The van der Waals surface area contributed by atoms with Crippen molar-refractivity contribution in [2.24, 2.45) is 5.92 Å². The minimum Gasteiger partial charge on any atom is -0.353 e. The summed E-state index contributed by atoms with van der Waals surface area (Å²) in [4.78, 5) is 14.1. The first kappa shape index (κ1) is 15.5. The van der Waals surface area contributed by atoms with Crippen molar-refractivity contribution in [1.82, 2.24) is 10.2 Å². The Kier molecular flexibility index (Phi) is 6.69. The van der Waals surface area contributed by atoms with Gasteiger partial charge in [-0.05, 0) is 33.2 Å². The van der Waals surface area contributed by atoms with Gasteiger partial charge in [0.15, 0.2) is 0 Å². The van der Waals surface area contributed by atoms with E-state index in [1.54, 1.807) is 0 Å². The van der Waals surface area contributed by atoms with Gasteiger partial charge in [-0.1, -0.05) is 33.1 Å². The highest BCUT2D eigenvalue weighted by Crippen LogP contribution is 2.21. The van der Waals surface area contributed by atoms with E-state index in [0.29, 0.717) is 0 Å². The molecular formula is C15H30N2O. The molecule has 0 aromatic rings. The van der Waals surface area contributed by atoms with Crippen LogP contribution < -0.4 is 5.32 Å². The number of nitrogens with zero attached hydrogens (tertiary/aromatic N) is 1. The number of amides is 1. The summed E-state index contributed by atoms with van der Waals surface area (Å²) in [6.07, 6.45) is 7.92. The Balaban J connectivity index is 2.20. The van der Waals surface area contributed by atoms with Crippen molar-refractivity contribution in [3.8, 4) is 0 Å². The van der Waals surface area contributed by atoms with Crippen molar-refractivity contribution in [3.63, 3.8) is 0 Å². The number of rotatable bonds is 6. The average molecular weight is 254 g/mol. The highest BCUT2D eigenvalue weighted by molar-refractivity contribution is 5.78. The van der Waals surface area contributed by atoms with Crippen LogP contribution in [0.4, 0.5) is 0 Å². The first-order valence-corrected chi connectivity index (χ1v) is 7.51. The molecule has 1 saturated carbocycles. The summed E-state index contributed by atoms with van der Waals surface area (Å²) in [5.74, 6) is 0.256. The zero-order chi connectivity index (χ0) is 13.5. The van der Waals surface area contributed by atoms with Crippen molar-refractivity contribution >= 4 is 5.91 Å². The smallest absolute Gasteiger partial charge is 0.222 e. The number of carbonyl (C=O) groups excluding carboxylic acids is 1. The van der Waals surface area contributed by atoms with Gasteiger partial charge in [0, 0.05) is 24.5 Å². The van der Waals surface area contributed by atoms with E-state index in [4.69, 9.17) is 0 Å². The summed E-state index contributed by atoms with van der Waals surface area (Å²) in [6.45, 7) is 7.08. The molecule has 1 fully saturated rings. The maximum absolute atomic E-state index is 11.6. The molecule has 0 aromatic carbocycles. The lowest BCUT2D eigenvalue weighted by molar-refractivity contribution is -0.124. The van der Waals surface area contributed by atoms with Crippen molar-refractivity contribution in [2.45, 2.75) is 71.4 Å². The van der Waals surface area contributed by atoms with E-state index in [1.807, 2.05) is 13.8 Å². The standard InChI is InChI=1S/C15H30N2O/c1-12(2)15(18)16-13(3)10-11-17(4)14-8-6-5-7-9-14/h12-14H,5-11H2,1-4H3,(H,16,18)/t13-/m1/s1. The molecule has 106 valence electrons. The van der Waals surface area contributed by atoms with Crippen molar-refractivity contribution < 1.29 is 4.79 Å². The van der Waals surface area contributed by atoms with E-state index in [-0.39, 0.29) is 17.9 Å². The lowest BCUT2D eigenvalue weighted by Crippen LogP contribution is -2.40. The van der Waals surface area contributed by atoms with Gasteiger partial charge in [0.2, 0.25) is 5.91 Å². The van der Waals surface area contributed by atoms with Gasteiger partial charge < -0.3 is 10.2 Å². The average Bonchev–Trinajstić information content (AvgIpc) is 2.36. The second-order valence-corrected chi connectivity index (χ2v) is 6.13. The van der Waals surface area contributed by atoms with Crippen LogP contribution in [0.5, 0.6) is 0 Å². The van der Waals surface area contributed by atoms with Gasteiger partial charge in [-0.3, -0.25) is 4.79 Å². The van der Waals surface area contributed by atoms with Crippen LogP contribution in [0, 0.1) is 5.92 Å². The first-order valence-electron chi connectivity index (χ1n) is 7.51. The molecule has 18 heavy (non-hydrogen) atoms. The molecule has 1 atom stereocenters. The number of hydrogen-bond donors (Lipinski definition) is 1. The van der Waals surface area contributed by atoms with E-state index in [1.165, 1.54) is 32.1 Å². The second-order valence-electron chi connectivity index (χ2n) is 6.13. The molecule has 0 unspecified atom stereocenters. The molecule has 1 N–H and O–H groups in total. The molecule has 0 aromatic heterocycles. The van der Waals surface area contributed by atoms with E-state index < -0.39 is 0 Å². The van der Waals surface area contributed by atoms with Gasteiger partial charge in [0.05, 0.1) is 0 Å². The van der Waals surface area contributed by atoms with E-state index in [0.717, 1.165) is 19.0 Å². The largest absolute Gasteiger partial charge is 0.353 e. The quantitative estimate of drug-likeness (QED) is 0.790. The summed E-state index contributed by atoms with van der Waals surface area (Å²) < 4.78 is 0. The first-order chi connectivity index (χ1) is 8.50. The second kappa shape index (κ2) is 7.78. The maximum Gasteiger partial charge on any atom is 0.222 e. The van der Waals surface area contributed by atoms with Crippen LogP contribution >= 0.6 is 0 Å². The van der Waals surface area contributed by atoms with Crippen molar-refractivity contribution in [3.05, 3.63) is 0 Å². The Morgan fingerprint density at radius 3 is 2.39 bits per heavy atom. The summed E-state index contributed by atoms with van der Waals surface area (Å²) in [7, 11) is 2.23. The predicted molar refractivity (Wildman–Crippen MR) is 76.6 cm³/mol. The van der Waals surface area contributed by atoms with Crippen LogP contribution in [0.3, 0.4) is 0 Å². The van der Waals surface area contributed by atoms with Crippen LogP contribution in [0.15, 0.2) is 0 Å². The number of carbonyl (C=O) groups is 1. The minimum absolute atomic E-state index is 0.0866. The molecule has 1 aliphatic rings. The molecule has 3 nitrogen and oxygen atoms in total. The molecule has 0 spiro atoms. The summed E-state index contributed by atoms with van der Waals surface area (Å²) >= 11 is 0. The summed E-state index contributed by atoms with van der Waals surface area (Å²) in [5, 5.41) is 3.07. The van der Waals surface area contributed by atoms with Crippen LogP contribution in [0.1, 0.15) is 59.3 Å². The Hall–Kier alpha value is -0.570. The molecule has 0 heterocycles. The van der Waals surface area contributed by atoms with E-state index in [9.17, 15) is 4.79 Å². The topological polar surface area (TPSA) is 32.3 Å². The number of nitrogens with one attached hydrogen (secondary N) is 1. The van der Waals surface area contributed by atoms with Crippen molar-refractivity contribution in [2.75, 3.05) is 13.6 Å². The molecule has 3 heteroatoms. The Morgan fingerprint density at radius 2 is 1.83 bits per heavy atom. The fourth-order valence-corrected chi connectivity index (χ4v) is 2.58. The fraction of sp³-hybridized carbons (Fsp3) is 0.933. The highest BCUT2D eigenvalue weighted by Gasteiger charge is 2.18. The zero-order valence-corrected chi connectivity index (χ0v) is 12.5. The molecule has 0 saturated heterocycles. The van der Waals surface area contributed by atoms with Gasteiger partial charge >= 0.3 is 0 Å². The van der Waals surface area contributed by atoms with Crippen LogP contribution in [0.2, 0.25) is 0 Å². The predicted octanol–water partition coefficient (Wildman–Crippen LogP) is 2.80. The third-order valence-corrected chi connectivity index (χ3v) is 4.03. The van der Waals surface area contributed by atoms with Gasteiger partial charge in [-0.25, -0.2) is 0 Å². The fourth-order valence-electron chi connectivity index (χ4n) is 2.58. The van der Waals surface area contributed by atoms with Crippen molar-refractivity contribution in [1.29, 1.82) is 0 Å². The lowest BCUT2D eigenvalue weighted by atomic mass is 9.94. The highest BCUT2D eigenvalue weighted by atomic mass is 16.1. The molecule has 1 aliphatic carbocycles. The third-order valence-electron chi connectivity index (χ3n) is 4.03. The molecule has 0 bridgehead atoms. The van der Waals surface area contributed by atoms with Crippen LogP contribution in [0.25, 0.3) is 0 Å². The summed E-state index contributed by atoms with van der Waals surface area (Å²) in [6, 6.07) is 1.05. The third kappa shape index (κ3) is 5.38. The van der Waals surface area contributed by atoms with E-state index in [2.05, 4.69) is 24.2 Å².